The monoisotopic (exact) mass is 388 g/mol. The van der Waals surface area contributed by atoms with Gasteiger partial charge in [-0.1, -0.05) is 12.8 Å². The first-order chi connectivity index (χ1) is 10.8. The number of sulfonamides is 1. The number of alkyl halides is 2. The highest BCUT2D eigenvalue weighted by molar-refractivity contribution is 7.89. The number of nitrogens with two attached hydrogens (primary N) is 1. The van der Waals surface area contributed by atoms with E-state index >= 15 is 0 Å². The van der Waals surface area contributed by atoms with Gasteiger partial charge in [0.1, 0.15) is 0 Å². The molecule has 0 saturated heterocycles. The Hall–Kier alpha value is -1.03. The Balaban J connectivity index is 0.00000288. The number of hydrogen-bond acceptors (Lipinski definition) is 4. The van der Waals surface area contributed by atoms with Crippen LogP contribution in [0.4, 0.5) is 13.2 Å². The van der Waals surface area contributed by atoms with Gasteiger partial charge in [-0.05, 0) is 37.0 Å². The number of benzene rings is 1. The molecule has 3 N–H and O–H groups in total. The number of ether oxygens (including phenoxy) is 1. The maximum atomic E-state index is 13.7. The van der Waals surface area contributed by atoms with Crippen molar-refractivity contribution in [2.45, 2.75) is 43.2 Å². The van der Waals surface area contributed by atoms with Gasteiger partial charge in [0, 0.05) is 12.6 Å². The van der Waals surface area contributed by atoms with Crippen LogP contribution in [-0.2, 0) is 10.0 Å². The van der Waals surface area contributed by atoms with Crippen molar-refractivity contribution < 1.29 is 26.3 Å². The molecule has 1 aliphatic carbocycles. The number of nitrogens with one attached hydrogen (secondary N) is 1. The highest BCUT2D eigenvalue weighted by Gasteiger charge is 2.29. The van der Waals surface area contributed by atoms with Gasteiger partial charge in [0.25, 0.3) is 0 Å². The molecule has 1 aromatic rings. The maximum absolute atomic E-state index is 13.7. The minimum absolute atomic E-state index is 0. The van der Waals surface area contributed by atoms with Crippen molar-refractivity contribution in [2.75, 3.05) is 6.54 Å². The quantitative estimate of drug-likeness (QED) is 0.752. The van der Waals surface area contributed by atoms with Crippen molar-refractivity contribution in [1.29, 1.82) is 0 Å². The lowest BCUT2D eigenvalue weighted by molar-refractivity contribution is -0.0522. The van der Waals surface area contributed by atoms with E-state index in [1.54, 1.807) is 0 Å². The van der Waals surface area contributed by atoms with Gasteiger partial charge in [-0.25, -0.2) is 17.5 Å². The molecular weight excluding hydrogens is 369 g/mol. The van der Waals surface area contributed by atoms with E-state index in [0.29, 0.717) is 6.07 Å². The molecule has 1 atom stereocenters. The van der Waals surface area contributed by atoms with Gasteiger partial charge >= 0.3 is 6.61 Å². The van der Waals surface area contributed by atoms with Crippen LogP contribution in [0, 0.1) is 11.7 Å². The Morgan fingerprint density at radius 3 is 2.42 bits per heavy atom. The number of halogens is 4. The summed E-state index contributed by atoms with van der Waals surface area (Å²) in [6, 6.07) is 2.11. The fraction of sp³-hybridized carbons (Fsp3) is 0.571. The summed E-state index contributed by atoms with van der Waals surface area (Å²) < 4.78 is 68.9. The molecule has 0 amide bonds. The normalized spacial score (nSPS) is 16.9. The number of rotatable bonds is 7. The van der Waals surface area contributed by atoms with Crippen LogP contribution in [0.3, 0.4) is 0 Å². The van der Waals surface area contributed by atoms with Crippen LogP contribution in [0.2, 0.25) is 0 Å². The van der Waals surface area contributed by atoms with E-state index in [1.165, 1.54) is 0 Å². The van der Waals surface area contributed by atoms with Crippen LogP contribution < -0.4 is 15.2 Å². The van der Waals surface area contributed by atoms with E-state index in [4.69, 9.17) is 5.73 Å². The molecule has 0 bridgehead atoms. The Bertz CT molecular complexity index is 640. The second-order valence-electron chi connectivity index (χ2n) is 5.48. The van der Waals surface area contributed by atoms with Crippen LogP contribution in [0.5, 0.6) is 5.75 Å². The Morgan fingerprint density at radius 1 is 1.29 bits per heavy atom. The smallest absolute Gasteiger partial charge is 0.387 e. The SMILES string of the molecule is Cl.NCC(NS(=O)(=O)c1ccc(OC(F)F)c(F)c1)C1CCCC1. The standard InChI is InChI=1S/C14H19F3N2O3S.ClH/c15-11-7-10(5-6-13(11)22-14(16)17)23(20,21)19-12(8-18)9-3-1-2-4-9;/h5-7,9,12,14,19H,1-4,8,18H2;1H. The van der Waals surface area contributed by atoms with Crippen LogP contribution in [0.25, 0.3) is 0 Å². The average Bonchev–Trinajstić information content (AvgIpc) is 3.00. The van der Waals surface area contributed by atoms with Gasteiger partial charge in [-0.15, -0.1) is 12.4 Å². The van der Waals surface area contributed by atoms with Crippen molar-refractivity contribution in [3.05, 3.63) is 24.0 Å². The third-order valence-electron chi connectivity index (χ3n) is 3.96. The van der Waals surface area contributed by atoms with Crippen LogP contribution in [0.1, 0.15) is 25.7 Å². The second-order valence-corrected chi connectivity index (χ2v) is 7.19. The molecular formula is C14H20ClF3N2O3S. The topological polar surface area (TPSA) is 81.4 Å². The van der Waals surface area contributed by atoms with E-state index in [1.807, 2.05) is 0 Å². The maximum Gasteiger partial charge on any atom is 0.387 e. The number of hydrogen-bond donors (Lipinski definition) is 2. The van der Waals surface area contributed by atoms with Crippen molar-refractivity contribution in [3.8, 4) is 5.75 Å². The van der Waals surface area contributed by atoms with Gasteiger partial charge in [-0.2, -0.15) is 8.78 Å². The first-order valence-corrected chi connectivity index (χ1v) is 8.78. The van der Waals surface area contributed by atoms with Crippen LogP contribution in [0.15, 0.2) is 23.1 Å². The zero-order valence-electron chi connectivity index (χ0n) is 12.8. The highest BCUT2D eigenvalue weighted by atomic mass is 35.5. The zero-order valence-corrected chi connectivity index (χ0v) is 14.4. The first-order valence-electron chi connectivity index (χ1n) is 7.30. The van der Waals surface area contributed by atoms with Crippen molar-refractivity contribution >= 4 is 22.4 Å². The average molecular weight is 389 g/mol. The molecule has 10 heteroatoms. The van der Waals surface area contributed by atoms with E-state index in [-0.39, 0.29) is 29.8 Å². The molecule has 138 valence electrons. The molecule has 0 aliphatic heterocycles. The summed E-state index contributed by atoms with van der Waals surface area (Å²) >= 11 is 0. The summed E-state index contributed by atoms with van der Waals surface area (Å²) in [4.78, 5) is -0.354. The fourth-order valence-corrected chi connectivity index (χ4v) is 4.13. The van der Waals surface area contributed by atoms with Gasteiger partial charge in [-0.3, -0.25) is 0 Å². The minimum Gasteiger partial charge on any atom is -0.432 e. The molecule has 0 aromatic heterocycles. The molecule has 0 radical (unpaired) electrons. The van der Waals surface area contributed by atoms with Crippen molar-refractivity contribution in [2.24, 2.45) is 11.7 Å². The summed E-state index contributed by atoms with van der Waals surface area (Å²) in [5.74, 6) is -1.72. The van der Waals surface area contributed by atoms with Gasteiger partial charge in [0.05, 0.1) is 4.90 Å². The van der Waals surface area contributed by atoms with Crippen LogP contribution >= 0.6 is 12.4 Å². The molecule has 1 saturated carbocycles. The molecule has 2 rings (SSSR count). The minimum atomic E-state index is -3.99. The predicted molar refractivity (Wildman–Crippen MR) is 85.4 cm³/mol. The molecule has 0 spiro atoms. The Kier molecular flexibility index (Phi) is 7.78. The van der Waals surface area contributed by atoms with E-state index < -0.39 is 34.2 Å². The van der Waals surface area contributed by atoms with E-state index in [9.17, 15) is 21.6 Å². The van der Waals surface area contributed by atoms with Crippen LogP contribution in [-0.4, -0.2) is 27.6 Å². The molecule has 5 nitrogen and oxygen atoms in total. The summed E-state index contributed by atoms with van der Waals surface area (Å²) in [6.07, 6.45) is 3.83. The lowest BCUT2D eigenvalue weighted by Crippen LogP contribution is -2.44. The summed E-state index contributed by atoms with van der Waals surface area (Å²) in [5.41, 5.74) is 5.64. The lowest BCUT2D eigenvalue weighted by Gasteiger charge is -2.23. The highest BCUT2D eigenvalue weighted by Crippen LogP contribution is 2.29. The molecule has 1 unspecified atom stereocenters. The lowest BCUT2D eigenvalue weighted by atomic mass is 9.99. The molecule has 1 aliphatic rings. The van der Waals surface area contributed by atoms with E-state index in [2.05, 4.69) is 9.46 Å². The van der Waals surface area contributed by atoms with Gasteiger partial charge in [0.2, 0.25) is 10.0 Å². The van der Waals surface area contributed by atoms with Gasteiger partial charge in [0.15, 0.2) is 11.6 Å². The molecule has 1 fully saturated rings. The fourth-order valence-electron chi connectivity index (χ4n) is 2.80. The zero-order chi connectivity index (χ0) is 17.0. The summed E-state index contributed by atoms with van der Waals surface area (Å²) in [7, 11) is -3.99. The first kappa shape index (κ1) is 21.0. The van der Waals surface area contributed by atoms with E-state index in [0.717, 1.165) is 37.8 Å². The Morgan fingerprint density at radius 2 is 1.92 bits per heavy atom. The second kappa shape index (κ2) is 8.89. The predicted octanol–water partition coefficient (Wildman–Crippen LogP) is 2.64. The van der Waals surface area contributed by atoms with Crippen molar-refractivity contribution in [3.63, 3.8) is 0 Å². The largest absolute Gasteiger partial charge is 0.432 e. The van der Waals surface area contributed by atoms with Crippen molar-refractivity contribution in [1.82, 2.24) is 4.72 Å². The summed E-state index contributed by atoms with van der Waals surface area (Å²) in [6.45, 7) is -3.05. The molecule has 0 heterocycles. The van der Waals surface area contributed by atoms with Gasteiger partial charge < -0.3 is 10.5 Å². The molecule has 24 heavy (non-hydrogen) atoms. The molecule has 1 aromatic carbocycles. The Labute approximate surface area is 145 Å². The third kappa shape index (κ3) is 5.23. The third-order valence-corrected chi connectivity index (χ3v) is 5.45. The summed E-state index contributed by atoms with van der Waals surface area (Å²) in [5, 5.41) is 0.